The Hall–Kier alpha value is -2.06. The summed E-state index contributed by atoms with van der Waals surface area (Å²) in [6.07, 6.45) is 3.81. The minimum atomic E-state index is -2.21. The van der Waals surface area contributed by atoms with Crippen molar-refractivity contribution in [1.29, 1.82) is 0 Å². The lowest BCUT2D eigenvalue weighted by Crippen LogP contribution is -2.60. The number of carbonyl (C=O) groups excluding carboxylic acids is 4. The fraction of sp³-hybridized carbons (Fsp3) is 0.739. The van der Waals surface area contributed by atoms with E-state index in [0.29, 0.717) is 50.8 Å². The van der Waals surface area contributed by atoms with E-state index in [-0.39, 0.29) is 17.6 Å². The van der Waals surface area contributed by atoms with Crippen molar-refractivity contribution < 1.29 is 29.0 Å². The lowest BCUT2D eigenvalue weighted by molar-refractivity contribution is -0.263. The zero-order chi connectivity index (χ0) is 23.3. The minimum absolute atomic E-state index is 0.00366. The molecular weight excluding hydrogens is 400 g/mol. The predicted octanol–water partition coefficient (Wildman–Crippen LogP) is 1.89. The van der Waals surface area contributed by atoms with Crippen LogP contribution in [0.3, 0.4) is 0 Å². The Kier molecular flexibility index (Phi) is 8.54. The Morgan fingerprint density at radius 2 is 1.87 bits per heavy atom. The van der Waals surface area contributed by atoms with Gasteiger partial charge in [0.2, 0.25) is 5.79 Å². The molecule has 2 N–H and O–H groups in total. The van der Waals surface area contributed by atoms with Crippen LogP contribution in [0, 0.1) is 5.92 Å². The zero-order valence-corrected chi connectivity index (χ0v) is 19.1. The van der Waals surface area contributed by atoms with Crippen LogP contribution in [0.2, 0.25) is 0 Å². The molecule has 8 nitrogen and oxygen atoms in total. The molecule has 2 saturated heterocycles. The number of rotatable bonds is 9. The number of amides is 1. The molecule has 2 rings (SSSR count). The van der Waals surface area contributed by atoms with E-state index in [1.807, 2.05) is 0 Å². The number of Topliss-reactive ketones (excluding diaryl/α,β-unsaturated/α-hetero) is 3. The van der Waals surface area contributed by atoms with Crippen LogP contribution in [0.4, 0.5) is 0 Å². The van der Waals surface area contributed by atoms with Crippen molar-refractivity contribution in [3.8, 4) is 0 Å². The number of hydrogen-bond acceptors (Lipinski definition) is 7. The first kappa shape index (κ1) is 25.2. The highest BCUT2D eigenvalue weighted by atomic mass is 16.6. The van der Waals surface area contributed by atoms with Crippen LogP contribution in [-0.4, -0.2) is 63.8 Å². The lowest BCUT2D eigenvalue weighted by Gasteiger charge is -2.42. The molecule has 174 valence electrons. The third-order valence-electron chi connectivity index (χ3n) is 6.49. The predicted molar refractivity (Wildman–Crippen MR) is 115 cm³/mol. The fourth-order valence-electron chi connectivity index (χ4n) is 4.24. The summed E-state index contributed by atoms with van der Waals surface area (Å²) >= 11 is 0. The topological polar surface area (TPSA) is 113 Å². The highest BCUT2D eigenvalue weighted by molar-refractivity contribution is 6.39. The van der Waals surface area contributed by atoms with Gasteiger partial charge in [-0.3, -0.25) is 19.2 Å². The van der Waals surface area contributed by atoms with Crippen molar-refractivity contribution in [1.82, 2.24) is 10.2 Å². The van der Waals surface area contributed by atoms with Gasteiger partial charge < -0.3 is 20.1 Å². The molecule has 0 unspecified atom stereocenters. The van der Waals surface area contributed by atoms with Gasteiger partial charge in [-0.25, -0.2) is 0 Å². The molecule has 8 heteroatoms. The molecular formula is C23H36N2O6. The van der Waals surface area contributed by atoms with E-state index in [1.165, 1.54) is 18.7 Å². The van der Waals surface area contributed by atoms with Gasteiger partial charge in [-0.15, -0.1) is 0 Å². The van der Waals surface area contributed by atoms with Crippen LogP contribution in [0.25, 0.3) is 0 Å². The summed E-state index contributed by atoms with van der Waals surface area (Å²) in [4.78, 5) is 50.6. The zero-order valence-electron chi connectivity index (χ0n) is 19.1. The number of aliphatic hydroxyl groups is 1. The maximum Gasteiger partial charge on any atom is 0.296 e. The lowest BCUT2D eigenvalue weighted by atomic mass is 9.85. The summed E-state index contributed by atoms with van der Waals surface area (Å²) in [5.41, 5.74) is 0.675. The highest BCUT2D eigenvalue weighted by Gasteiger charge is 2.52. The molecule has 0 aromatic carbocycles. The van der Waals surface area contributed by atoms with Crippen molar-refractivity contribution in [2.75, 3.05) is 6.54 Å². The Labute approximate surface area is 184 Å². The van der Waals surface area contributed by atoms with Gasteiger partial charge in [0.15, 0.2) is 11.6 Å². The highest BCUT2D eigenvalue weighted by Crippen LogP contribution is 2.35. The summed E-state index contributed by atoms with van der Waals surface area (Å²) in [7, 11) is 0. The Morgan fingerprint density at radius 1 is 1.19 bits per heavy atom. The minimum Gasteiger partial charge on any atom is -0.379 e. The number of nitrogens with zero attached hydrogens (tertiary/aromatic N) is 1. The van der Waals surface area contributed by atoms with Crippen molar-refractivity contribution in [2.24, 2.45) is 5.92 Å². The van der Waals surface area contributed by atoms with E-state index in [4.69, 9.17) is 4.74 Å². The van der Waals surface area contributed by atoms with Gasteiger partial charge in [0.05, 0.1) is 18.2 Å². The summed E-state index contributed by atoms with van der Waals surface area (Å²) in [6, 6.07) is -0.962. The second-order valence-electron chi connectivity index (χ2n) is 8.98. The van der Waals surface area contributed by atoms with Gasteiger partial charge in [-0.2, -0.15) is 0 Å². The number of piperidine rings is 1. The number of carbonyl (C=O) groups is 4. The molecule has 0 aromatic heterocycles. The Balaban J connectivity index is 2.03. The second-order valence-corrected chi connectivity index (χ2v) is 8.98. The van der Waals surface area contributed by atoms with Crippen molar-refractivity contribution in [2.45, 2.75) is 96.6 Å². The standard InChI is InChI=1S/C23H36N2O6/c1-14-9-11-19(12-10-15(2)24-16(3)17(4)26)31-23(14,30)21(28)22(29)25-13-7-6-8-20(25)18(5)27/h14,16,19-20,24,30H,2,6-13H2,1,3-5H3/t14-,16+,19+,20+,23-/m1/s1. The van der Waals surface area contributed by atoms with Gasteiger partial charge >= 0.3 is 0 Å². The molecule has 2 aliphatic heterocycles. The van der Waals surface area contributed by atoms with Crippen molar-refractivity contribution >= 4 is 23.3 Å². The number of allylic oxidation sites excluding steroid dienone is 1. The smallest absolute Gasteiger partial charge is 0.296 e. The third-order valence-corrected chi connectivity index (χ3v) is 6.49. The van der Waals surface area contributed by atoms with Gasteiger partial charge in [-0.1, -0.05) is 13.5 Å². The molecule has 0 saturated carbocycles. The van der Waals surface area contributed by atoms with Crippen molar-refractivity contribution in [3.05, 3.63) is 12.3 Å². The van der Waals surface area contributed by atoms with E-state index in [1.54, 1.807) is 13.8 Å². The summed E-state index contributed by atoms with van der Waals surface area (Å²) in [5, 5.41) is 14.1. The molecule has 2 fully saturated rings. The fourth-order valence-corrected chi connectivity index (χ4v) is 4.24. The molecule has 1 amide bonds. The van der Waals surface area contributed by atoms with Crippen LogP contribution in [-0.2, 0) is 23.9 Å². The summed E-state index contributed by atoms with van der Waals surface area (Å²) < 4.78 is 5.80. The molecule has 0 aromatic rings. The van der Waals surface area contributed by atoms with Crippen LogP contribution in [0.15, 0.2) is 12.3 Å². The second kappa shape index (κ2) is 10.5. The molecule has 2 aliphatic rings. The van der Waals surface area contributed by atoms with E-state index in [0.717, 1.165) is 6.42 Å². The van der Waals surface area contributed by atoms with Crippen LogP contribution in [0.1, 0.15) is 72.6 Å². The van der Waals surface area contributed by atoms with Gasteiger partial charge in [-0.05, 0) is 65.7 Å². The molecule has 0 aliphatic carbocycles. The maximum atomic E-state index is 13.1. The number of likely N-dealkylation sites (tertiary alicyclic amines) is 1. The molecule has 2 heterocycles. The van der Waals surface area contributed by atoms with Crippen LogP contribution < -0.4 is 5.32 Å². The number of ketones is 3. The van der Waals surface area contributed by atoms with Crippen LogP contribution in [0.5, 0.6) is 0 Å². The van der Waals surface area contributed by atoms with Gasteiger partial charge in [0.1, 0.15) is 0 Å². The third kappa shape index (κ3) is 6.01. The van der Waals surface area contributed by atoms with Gasteiger partial charge in [0.25, 0.3) is 11.7 Å². The monoisotopic (exact) mass is 436 g/mol. The SMILES string of the molecule is C=C(CC[C@@H]1CC[C@@H](C)[C@](O)(C(=O)C(=O)N2CCCC[C@H]2C(C)=O)O1)N[C@@H](C)C(C)=O. The first-order chi connectivity index (χ1) is 14.5. The van der Waals surface area contributed by atoms with E-state index in [9.17, 15) is 24.3 Å². The largest absolute Gasteiger partial charge is 0.379 e. The average Bonchev–Trinajstić information content (AvgIpc) is 2.73. The summed E-state index contributed by atoms with van der Waals surface area (Å²) in [5.74, 6) is -4.76. The molecule has 0 bridgehead atoms. The quantitative estimate of drug-likeness (QED) is 0.531. The first-order valence-corrected chi connectivity index (χ1v) is 11.2. The molecule has 0 spiro atoms. The van der Waals surface area contributed by atoms with E-state index in [2.05, 4.69) is 11.9 Å². The number of ether oxygens (including phenoxy) is 1. The van der Waals surface area contributed by atoms with Crippen molar-refractivity contribution in [3.63, 3.8) is 0 Å². The Bertz CT molecular complexity index is 736. The normalized spacial score (nSPS) is 29.7. The maximum absolute atomic E-state index is 13.1. The summed E-state index contributed by atoms with van der Waals surface area (Å²) in [6.45, 7) is 10.6. The molecule has 0 radical (unpaired) electrons. The van der Waals surface area contributed by atoms with E-state index >= 15 is 0 Å². The number of hydrogen-bond donors (Lipinski definition) is 2. The Morgan fingerprint density at radius 3 is 2.48 bits per heavy atom. The molecule has 5 atom stereocenters. The average molecular weight is 437 g/mol. The van der Waals surface area contributed by atoms with Gasteiger partial charge in [0, 0.05) is 18.2 Å². The first-order valence-electron chi connectivity index (χ1n) is 11.2. The van der Waals surface area contributed by atoms with Crippen LogP contribution >= 0.6 is 0 Å². The van der Waals surface area contributed by atoms with E-state index < -0.39 is 35.5 Å². The molecule has 31 heavy (non-hydrogen) atoms. The number of nitrogens with one attached hydrogen (secondary N) is 1.